The van der Waals surface area contributed by atoms with E-state index < -0.39 is 34.5 Å². The molecule has 1 atom stereocenters. The molecule has 0 radical (unpaired) electrons. The summed E-state index contributed by atoms with van der Waals surface area (Å²) in [6, 6.07) is 13.6. The molecule has 8 nitrogen and oxygen atoms in total. The third-order valence-corrected chi connectivity index (χ3v) is 5.23. The van der Waals surface area contributed by atoms with E-state index in [1.165, 1.54) is 14.0 Å². The van der Waals surface area contributed by atoms with Crippen LogP contribution in [0.5, 0.6) is 5.75 Å². The van der Waals surface area contributed by atoms with Gasteiger partial charge in [0.25, 0.3) is 5.91 Å². The fourth-order valence-electron chi connectivity index (χ4n) is 2.61. The van der Waals surface area contributed by atoms with Crippen molar-refractivity contribution in [1.82, 2.24) is 0 Å². The first kappa shape index (κ1) is 22.2. The van der Waals surface area contributed by atoms with E-state index in [1.54, 1.807) is 55.5 Å². The minimum absolute atomic E-state index is 0.373. The maximum Gasteiger partial charge on any atom is 0.327 e. The average Bonchev–Trinajstić information content (AvgIpc) is 2.66. The molecule has 0 spiro atoms. The number of carbonyl (C=O) groups is 2. The van der Waals surface area contributed by atoms with Crippen LogP contribution >= 0.6 is 0 Å². The summed E-state index contributed by atoms with van der Waals surface area (Å²) in [4.78, 5) is 24.7. The second-order valence-electron chi connectivity index (χ2n) is 6.38. The molecule has 0 aromatic heterocycles. The zero-order chi connectivity index (χ0) is 21.6. The Morgan fingerprint density at radius 3 is 2.34 bits per heavy atom. The molecule has 0 heterocycles. The molecule has 1 amide bonds. The van der Waals surface area contributed by atoms with Gasteiger partial charge in [0.2, 0.25) is 10.0 Å². The molecule has 0 fully saturated rings. The van der Waals surface area contributed by atoms with E-state index in [-0.39, 0.29) is 0 Å². The minimum Gasteiger partial charge on any atom is -0.495 e. The summed E-state index contributed by atoms with van der Waals surface area (Å²) in [5.74, 6) is -0.951. The Morgan fingerprint density at radius 2 is 1.72 bits per heavy atom. The van der Waals surface area contributed by atoms with Gasteiger partial charge in [-0.3, -0.25) is 13.9 Å². The number of nitrogens with one attached hydrogen (secondary N) is 1. The van der Waals surface area contributed by atoms with Crippen molar-refractivity contribution in [3.8, 4) is 5.75 Å². The number of aryl methyl sites for hydroxylation is 1. The number of benzene rings is 2. The lowest BCUT2D eigenvalue weighted by molar-refractivity contribution is -0.151. The van der Waals surface area contributed by atoms with Crippen molar-refractivity contribution >= 4 is 33.3 Å². The molecule has 0 saturated heterocycles. The summed E-state index contributed by atoms with van der Waals surface area (Å²) in [5.41, 5.74) is 1.49. The zero-order valence-corrected chi connectivity index (χ0v) is 17.5. The molecule has 0 aliphatic rings. The molecule has 29 heavy (non-hydrogen) atoms. The van der Waals surface area contributed by atoms with Crippen LogP contribution in [0.1, 0.15) is 12.5 Å². The van der Waals surface area contributed by atoms with Crippen LogP contribution in [0.15, 0.2) is 48.5 Å². The van der Waals surface area contributed by atoms with Gasteiger partial charge in [0.1, 0.15) is 12.3 Å². The summed E-state index contributed by atoms with van der Waals surface area (Å²) in [7, 11) is -2.26. The highest BCUT2D eigenvalue weighted by molar-refractivity contribution is 7.92. The summed E-state index contributed by atoms with van der Waals surface area (Å²) in [6.07, 6.45) is -0.129. The van der Waals surface area contributed by atoms with E-state index >= 15 is 0 Å². The lowest BCUT2D eigenvalue weighted by Crippen LogP contribution is -2.39. The summed E-state index contributed by atoms with van der Waals surface area (Å²) in [5, 5.41) is 2.62. The van der Waals surface area contributed by atoms with Crippen LogP contribution in [-0.2, 0) is 24.3 Å². The number of anilines is 2. The first-order chi connectivity index (χ1) is 13.6. The first-order valence-corrected chi connectivity index (χ1v) is 10.6. The summed E-state index contributed by atoms with van der Waals surface area (Å²) >= 11 is 0. The molecule has 0 saturated carbocycles. The molecule has 2 aromatic carbocycles. The van der Waals surface area contributed by atoms with Crippen molar-refractivity contribution in [1.29, 1.82) is 0 Å². The molecule has 0 aliphatic heterocycles. The molecule has 0 aliphatic carbocycles. The highest BCUT2D eigenvalue weighted by atomic mass is 32.2. The number of methoxy groups -OCH3 is 1. The van der Waals surface area contributed by atoms with Crippen molar-refractivity contribution < 1.29 is 27.5 Å². The summed E-state index contributed by atoms with van der Waals surface area (Å²) in [6.45, 7) is 2.60. The van der Waals surface area contributed by atoms with Crippen molar-refractivity contribution in [2.75, 3.05) is 29.5 Å². The molecular formula is C20H24N2O6S. The predicted molar refractivity (Wildman–Crippen MR) is 111 cm³/mol. The average molecular weight is 420 g/mol. The summed E-state index contributed by atoms with van der Waals surface area (Å²) < 4.78 is 35.6. The smallest absolute Gasteiger partial charge is 0.327 e. The highest BCUT2D eigenvalue weighted by Crippen LogP contribution is 2.24. The van der Waals surface area contributed by atoms with Crippen LogP contribution < -0.4 is 14.4 Å². The van der Waals surface area contributed by atoms with E-state index in [9.17, 15) is 18.0 Å². The van der Waals surface area contributed by atoms with Crippen LogP contribution in [0.3, 0.4) is 0 Å². The van der Waals surface area contributed by atoms with Crippen LogP contribution in [-0.4, -0.2) is 46.3 Å². The Labute approximate surface area is 170 Å². The Morgan fingerprint density at radius 1 is 1.10 bits per heavy atom. The molecule has 2 aromatic rings. The van der Waals surface area contributed by atoms with Crippen molar-refractivity contribution in [2.45, 2.75) is 20.0 Å². The molecule has 0 unspecified atom stereocenters. The number of sulfonamides is 1. The monoisotopic (exact) mass is 420 g/mol. The van der Waals surface area contributed by atoms with Gasteiger partial charge in [0.05, 0.1) is 24.7 Å². The van der Waals surface area contributed by atoms with E-state index in [0.717, 1.165) is 10.6 Å². The SMILES string of the molecule is COc1ccccc1NC(=O)[C@@H](C)OC(=O)CN(c1ccccc1C)S(C)(=O)=O. The van der Waals surface area contributed by atoms with Gasteiger partial charge in [0, 0.05) is 0 Å². The van der Waals surface area contributed by atoms with Crippen LogP contribution in [0.2, 0.25) is 0 Å². The number of nitrogens with zero attached hydrogens (tertiary/aromatic N) is 1. The molecule has 2 rings (SSSR count). The molecular weight excluding hydrogens is 396 g/mol. The maximum absolute atomic E-state index is 12.3. The van der Waals surface area contributed by atoms with E-state index in [2.05, 4.69) is 5.32 Å². The van der Waals surface area contributed by atoms with Gasteiger partial charge >= 0.3 is 5.97 Å². The molecule has 0 bridgehead atoms. The van der Waals surface area contributed by atoms with Crippen molar-refractivity contribution in [3.63, 3.8) is 0 Å². The van der Waals surface area contributed by atoms with Crippen molar-refractivity contribution in [3.05, 3.63) is 54.1 Å². The second-order valence-corrected chi connectivity index (χ2v) is 8.28. The lowest BCUT2D eigenvalue weighted by Gasteiger charge is -2.24. The van der Waals surface area contributed by atoms with E-state index in [4.69, 9.17) is 9.47 Å². The van der Waals surface area contributed by atoms with Crippen molar-refractivity contribution in [2.24, 2.45) is 0 Å². The Bertz CT molecular complexity index is 990. The van der Waals surface area contributed by atoms with E-state index in [1.807, 2.05) is 0 Å². The number of para-hydroxylation sites is 3. The van der Waals surface area contributed by atoms with Gasteiger partial charge in [-0.05, 0) is 37.6 Å². The van der Waals surface area contributed by atoms with Gasteiger partial charge in [-0.25, -0.2) is 8.42 Å². The normalized spacial score (nSPS) is 12.0. The number of esters is 1. The lowest BCUT2D eigenvalue weighted by atomic mass is 10.2. The Kier molecular flexibility index (Phi) is 7.22. The van der Waals surface area contributed by atoms with Crippen LogP contribution in [0.4, 0.5) is 11.4 Å². The van der Waals surface area contributed by atoms with Gasteiger partial charge in [-0.2, -0.15) is 0 Å². The quantitative estimate of drug-likeness (QED) is 0.658. The van der Waals surface area contributed by atoms with Gasteiger partial charge < -0.3 is 14.8 Å². The van der Waals surface area contributed by atoms with Crippen LogP contribution in [0, 0.1) is 6.92 Å². The van der Waals surface area contributed by atoms with Gasteiger partial charge in [-0.1, -0.05) is 30.3 Å². The zero-order valence-electron chi connectivity index (χ0n) is 16.7. The second kappa shape index (κ2) is 9.42. The molecule has 156 valence electrons. The van der Waals surface area contributed by atoms with E-state index in [0.29, 0.717) is 22.7 Å². The van der Waals surface area contributed by atoms with Gasteiger partial charge in [0.15, 0.2) is 6.10 Å². The number of carbonyl (C=O) groups excluding carboxylic acids is 2. The standard InChI is InChI=1S/C20H24N2O6S/c1-14-9-5-7-11-17(14)22(29(4,25)26)13-19(23)28-15(2)20(24)21-16-10-6-8-12-18(16)27-3/h5-12,15H,13H2,1-4H3,(H,21,24)/t15-/m1/s1. The number of rotatable bonds is 8. The number of hydrogen-bond donors (Lipinski definition) is 1. The largest absolute Gasteiger partial charge is 0.495 e. The van der Waals surface area contributed by atoms with Gasteiger partial charge in [-0.15, -0.1) is 0 Å². The topological polar surface area (TPSA) is 102 Å². The number of amides is 1. The number of hydrogen-bond acceptors (Lipinski definition) is 6. The first-order valence-electron chi connectivity index (χ1n) is 8.80. The fraction of sp³-hybridized carbons (Fsp3) is 0.300. The van der Waals surface area contributed by atoms with Crippen LogP contribution in [0.25, 0.3) is 0 Å². The maximum atomic E-state index is 12.3. The third-order valence-electron chi connectivity index (χ3n) is 4.10. The highest BCUT2D eigenvalue weighted by Gasteiger charge is 2.25. The minimum atomic E-state index is -3.73. The molecule has 1 N–H and O–H groups in total. The Hall–Kier alpha value is -3.07. The number of ether oxygens (including phenoxy) is 2. The Balaban J connectivity index is 2.08. The fourth-order valence-corrected chi connectivity index (χ4v) is 3.51. The predicted octanol–water partition coefficient (Wildman–Crippen LogP) is 2.34. The third kappa shape index (κ3) is 5.95. The molecule has 9 heteroatoms.